The molecule has 0 aliphatic carbocycles. The lowest BCUT2D eigenvalue weighted by atomic mass is 9.99. The first-order valence-corrected chi connectivity index (χ1v) is 41.8. The molecule has 0 saturated heterocycles. The summed E-state index contributed by atoms with van der Waals surface area (Å²) < 4.78 is 68.5. The van der Waals surface area contributed by atoms with Gasteiger partial charge in [0.1, 0.15) is 19.3 Å². The van der Waals surface area contributed by atoms with Crippen molar-refractivity contribution in [2.45, 2.75) is 395 Å². The summed E-state index contributed by atoms with van der Waals surface area (Å²) in [4.78, 5) is 72.7. The quantitative estimate of drug-likeness (QED) is 0.0222. The molecule has 4 unspecified atom stereocenters. The molecule has 3 N–H and O–H groups in total. The number of aliphatic hydroxyl groups is 1. The summed E-state index contributed by atoms with van der Waals surface area (Å²) in [6.45, 7) is 14.2. The normalized spacial score (nSPS) is 14.7. The molecule has 0 amide bonds. The van der Waals surface area contributed by atoms with E-state index in [1.165, 1.54) is 173 Å². The first kappa shape index (κ1) is 92.1. The third-order valence-electron chi connectivity index (χ3n) is 18.0. The molecular weight excluding hydrogens is 1230 g/mol. The van der Waals surface area contributed by atoms with Crippen LogP contribution in [0.25, 0.3) is 0 Å². The molecule has 558 valence electrons. The SMILES string of the molecule is CCC(C)CCCCCCCCCCCCCCCCC(=O)O[C@H](COC(=O)CCCCCCCCC(C)C)COP(=O)(O)OC[C@H](O)COP(=O)(O)OC[C@@H](COC(=O)CCCCCCCCCCCCCCC(C)C)OC(=O)CCCCCCCCCCC(C)CC. The van der Waals surface area contributed by atoms with Crippen molar-refractivity contribution in [3.8, 4) is 0 Å². The monoisotopic (exact) mass is 1380 g/mol. The van der Waals surface area contributed by atoms with Gasteiger partial charge >= 0.3 is 39.5 Å². The molecule has 94 heavy (non-hydrogen) atoms. The third kappa shape index (κ3) is 66.0. The molecule has 0 fully saturated rings. The van der Waals surface area contributed by atoms with Gasteiger partial charge in [-0.1, -0.05) is 325 Å². The number of aliphatic hydroxyl groups excluding tert-OH is 1. The molecule has 17 nitrogen and oxygen atoms in total. The summed E-state index contributed by atoms with van der Waals surface area (Å²) in [5.41, 5.74) is 0. The molecule has 0 rings (SSSR count). The van der Waals surface area contributed by atoms with E-state index in [1.807, 2.05) is 0 Å². The van der Waals surface area contributed by atoms with E-state index in [2.05, 4.69) is 55.4 Å². The highest BCUT2D eigenvalue weighted by molar-refractivity contribution is 7.47. The summed E-state index contributed by atoms with van der Waals surface area (Å²) in [6.07, 6.45) is 48.6. The molecule has 0 aromatic heterocycles. The number of rotatable bonds is 72. The number of esters is 4. The number of carbonyl (C=O) groups is 4. The smallest absolute Gasteiger partial charge is 0.462 e. The van der Waals surface area contributed by atoms with Crippen molar-refractivity contribution in [1.29, 1.82) is 0 Å². The topological polar surface area (TPSA) is 237 Å². The highest BCUT2D eigenvalue weighted by Crippen LogP contribution is 2.45. The van der Waals surface area contributed by atoms with Crippen molar-refractivity contribution < 1.29 is 80.2 Å². The summed E-state index contributed by atoms with van der Waals surface area (Å²) >= 11 is 0. The highest BCUT2D eigenvalue weighted by atomic mass is 31.2. The van der Waals surface area contributed by atoms with Crippen LogP contribution in [0.5, 0.6) is 0 Å². The molecular formula is C75H146O17P2. The van der Waals surface area contributed by atoms with Crippen LogP contribution in [0.15, 0.2) is 0 Å². The van der Waals surface area contributed by atoms with E-state index in [0.717, 1.165) is 114 Å². The Morgan fingerprint density at radius 1 is 0.298 bits per heavy atom. The number of hydrogen-bond acceptors (Lipinski definition) is 15. The Labute approximate surface area is 575 Å². The second-order valence-corrected chi connectivity index (χ2v) is 31.4. The summed E-state index contributed by atoms with van der Waals surface area (Å²) in [5.74, 6) is 0.951. The minimum absolute atomic E-state index is 0.105. The zero-order valence-corrected chi connectivity index (χ0v) is 63.4. The van der Waals surface area contributed by atoms with E-state index in [9.17, 15) is 43.2 Å². The fraction of sp³-hybridized carbons (Fsp3) is 0.947. The van der Waals surface area contributed by atoms with E-state index < -0.39 is 97.5 Å². The minimum Gasteiger partial charge on any atom is -0.462 e. The lowest BCUT2D eigenvalue weighted by Gasteiger charge is -2.21. The fourth-order valence-electron chi connectivity index (χ4n) is 11.3. The van der Waals surface area contributed by atoms with E-state index in [1.54, 1.807) is 0 Å². The van der Waals surface area contributed by atoms with Crippen molar-refractivity contribution in [2.24, 2.45) is 23.7 Å². The van der Waals surface area contributed by atoms with E-state index in [4.69, 9.17) is 37.0 Å². The van der Waals surface area contributed by atoms with Crippen molar-refractivity contribution in [3.05, 3.63) is 0 Å². The van der Waals surface area contributed by atoms with Gasteiger partial charge in [0.2, 0.25) is 0 Å². The first-order valence-electron chi connectivity index (χ1n) is 38.8. The van der Waals surface area contributed by atoms with Crippen molar-refractivity contribution >= 4 is 39.5 Å². The first-order chi connectivity index (χ1) is 45.2. The molecule has 19 heteroatoms. The van der Waals surface area contributed by atoms with Gasteiger partial charge < -0.3 is 33.8 Å². The van der Waals surface area contributed by atoms with E-state index in [-0.39, 0.29) is 25.7 Å². The maximum absolute atomic E-state index is 13.1. The van der Waals surface area contributed by atoms with Crippen LogP contribution in [-0.2, 0) is 65.4 Å². The number of phosphoric acid groups is 2. The number of phosphoric ester groups is 2. The fourth-order valence-corrected chi connectivity index (χ4v) is 12.9. The van der Waals surface area contributed by atoms with Crippen LogP contribution in [-0.4, -0.2) is 96.7 Å². The Bertz CT molecular complexity index is 1850. The van der Waals surface area contributed by atoms with Gasteiger partial charge in [0, 0.05) is 25.7 Å². The second-order valence-electron chi connectivity index (χ2n) is 28.5. The molecule has 0 aliphatic heterocycles. The van der Waals surface area contributed by atoms with Crippen LogP contribution in [0.1, 0.15) is 376 Å². The predicted molar refractivity (Wildman–Crippen MR) is 381 cm³/mol. The summed E-state index contributed by atoms with van der Waals surface area (Å²) in [5, 5.41) is 10.6. The molecule has 0 bridgehead atoms. The number of carbonyl (C=O) groups excluding carboxylic acids is 4. The van der Waals surface area contributed by atoms with Crippen LogP contribution in [0.3, 0.4) is 0 Å². The van der Waals surface area contributed by atoms with Gasteiger partial charge in [-0.15, -0.1) is 0 Å². The summed E-state index contributed by atoms with van der Waals surface area (Å²) in [7, 11) is -9.91. The van der Waals surface area contributed by atoms with Gasteiger partial charge in [0.25, 0.3) is 0 Å². The standard InChI is InChI=1S/C75H146O17P2/c1-9-67(7)53-45-37-28-22-18-13-11-12-14-20-24-31-41-49-57-74(79)91-71(62-86-73(78)56-48-40-34-33-36-44-52-66(5)6)64-90-94(83,84)88-60-69(76)59-87-93(81,82)89-63-70(92-75(80)58-50-42-32-26-25-29-38-46-54-68(8)10-2)61-85-72(77)55-47-39-30-23-19-16-15-17-21-27-35-43-51-65(3)4/h65-71,76H,9-64H2,1-8H3,(H,81,82)(H,83,84)/t67?,68?,69-,70-,71-/m1/s1. The maximum atomic E-state index is 13.1. The molecule has 0 radical (unpaired) electrons. The zero-order valence-electron chi connectivity index (χ0n) is 61.6. The maximum Gasteiger partial charge on any atom is 0.472 e. The van der Waals surface area contributed by atoms with E-state index >= 15 is 0 Å². The Hall–Kier alpha value is -1.94. The number of ether oxygens (including phenoxy) is 4. The van der Waals surface area contributed by atoms with Crippen LogP contribution in [0, 0.1) is 23.7 Å². The van der Waals surface area contributed by atoms with Crippen LogP contribution < -0.4 is 0 Å². The van der Waals surface area contributed by atoms with Crippen LogP contribution in [0.2, 0.25) is 0 Å². The largest absolute Gasteiger partial charge is 0.472 e. The zero-order chi connectivity index (χ0) is 69.6. The van der Waals surface area contributed by atoms with Gasteiger partial charge in [0.15, 0.2) is 12.2 Å². The highest BCUT2D eigenvalue weighted by Gasteiger charge is 2.30. The average Bonchev–Trinajstić information content (AvgIpc) is 1.43. The van der Waals surface area contributed by atoms with Gasteiger partial charge in [-0.05, 0) is 49.4 Å². The Kier molecular flexibility index (Phi) is 63.1. The average molecular weight is 1380 g/mol. The van der Waals surface area contributed by atoms with Crippen molar-refractivity contribution in [3.63, 3.8) is 0 Å². The molecule has 0 heterocycles. The molecule has 0 aromatic rings. The number of hydrogen-bond donors (Lipinski definition) is 3. The Morgan fingerprint density at radius 3 is 0.755 bits per heavy atom. The number of unbranched alkanes of at least 4 members (excludes halogenated alkanes) is 36. The Morgan fingerprint density at radius 2 is 0.511 bits per heavy atom. The van der Waals surface area contributed by atoms with Crippen LogP contribution in [0.4, 0.5) is 0 Å². The van der Waals surface area contributed by atoms with Crippen molar-refractivity contribution in [1.82, 2.24) is 0 Å². The van der Waals surface area contributed by atoms with Gasteiger partial charge in [-0.3, -0.25) is 37.3 Å². The molecule has 0 aliphatic rings. The second kappa shape index (κ2) is 64.4. The molecule has 0 aromatic carbocycles. The van der Waals surface area contributed by atoms with Gasteiger partial charge in [-0.25, -0.2) is 9.13 Å². The van der Waals surface area contributed by atoms with Crippen molar-refractivity contribution in [2.75, 3.05) is 39.6 Å². The van der Waals surface area contributed by atoms with Gasteiger partial charge in [0.05, 0.1) is 26.4 Å². The minimum atomic E-state index is -4.96. The van der Waals surface area contributed by atoms with E-state index in [0.29, 0.717) is 31.6 Å². The lowest BCUT2D eigenvalue weighted by Crippen LogP contribution is -2.30. The molecule has 0 saturated carbocycles. The predicted octanol–water partition coefficient (Wildman–Crippen LogP) is 21.7. The van der Waals surface area contributed by atoms with Gasteiger partial charge in [-0.2, -0.15) is 0 Å². The molecule has 7 atom stereocenters. The van der Waals surface area contributed by atoms with Crippen LogP contribution >= 0.6 is 15.6 Å². The summed E-state index contributed by atoms with van der Waals surface area (Å²) in [6, 6.07) is 0. The third-order valence-corrected chi connectivity index (χ3v) is 19.9. The lowest BCUT2D eigenvalue weighted by molar-refractivity contribution is -0.161. The molecule has 0 spiro atoms. The Balaban J connectivity index is 5.22.